The number of carbonyl (C=O) groups excluding carboxylic acids is 1. The molecule has 0 bridgehead atoms. The highest BCUT2D eigenvalue weighted by Crippen LogP contribution is 2.14. The van der Waals surface area contributed by atoms with Gasteiger partial charge in [-0.2, -0.15) is 11.8 Å². The maximum atomic E-state index is 11.8. The molecule has 2 N–H and O–H groups in total. The van der Waals surface area contributed by atoms with Gasteiger partial charge in [-0.05, 0) is 12.7 Å². The molecule has 0 heterocycles. The Morgan fingerprint density at radius 2 is 1.10 bits per heavy atom. The highest BCUT2D eigenvalue weighted by atomic mass is 32.2. The van der Waals surface area contributed by atoms with Crippen molar-refractivity contribution in [3.8, 4) is 0 Å². The van der Waals surface area contributed by atoms with Crippen LogP contribution in [0.2, 0.25) is 0 Å². The predicted octanol–water partition coefficient (Wildman–Crippen LogP) is 6.96. The zero-order valence-corrected chi connectivity index (χ0v) is 20.0. The third-order valence-corrected chi connectivity index (χ3v) is 6.14. The first kappa shape index (κ1) is 28.3. The minimum Gasteiger partial charge on any atom is -0.480 e. The lowest BCUT2D eigenvalue weighted by atomic mass is 10.0. The third kappa shape index (κ3) is 20.3. The van der Waals surface area contributed by atoms with Gasteiger partial charge in [0.25, 0.3) is 0 Å². The zero-order valence-electron chi connectivity index (χ0n) is 19.2. The van der Waals surface area contributed by atoms with Crippen molar-refractivity contribution in [1.29, 1.82) is 0 Å². The van der Waals surface area contributed by atoms with Crippen molar-refractivity contribution in [2.45, 2.75) is 129 Å². The molecule has 172 valence electrons. The second-order valence-corrected chi connectivity index (χ2v) is 9.23. The Bertz CT molecular complexity index is 390. The van der Waals surface area contributed by atoms with E-state index >= 15 is 0 Å². The van der Waals surface area contributed by atoms with E-state index in [0.29, 0.717) is 12.2 Å². The summed E-state index contributed by atoms with van der Waals surface area (Å²) in [4.78, 5) is 22.8. The summed E-state index contributed by atoms with van der Waals surface area (Å²) in [7, 11) is 0. The van der Waals surface area contributed by atoms with Gasteiger partial charge in [0.15, 0.2) is 0 Å². The molecule has 4 nitrogen and oxygen atoms in total. The lowest BCUT2D eigenvalue weighted by molar-refractivity contribution is -0.141. The smallest absolute Gasteiger partial charge is 0.327 e. The second-order valence-electron chi connectivity index (χ2n) is 8.32. The highest BCUT2D eigenvalue weighted by Gasteiger charge is 2.18. The van der Waals surface area contributed by atoms with Crippen LogP contribution in [0.3, 0.4) is 0 Å². The Labute approximate surface area is 184 Å². The largest absolute Gasteiger partial charge is 0.480 e. The molecule has 29 heavy (non-hydrogen) atoms. The number of hydrogen-bond donors (Lipinski definition) is 2. The second kappa shape index (κ2) is 22.0. The van der Waals surface area contributed by atoms with E-state index in [4.69, 9.17) is 5.11 Å². The van der Waals surface area contributed by atoms with Crippen LogP contribution in [0.1, 0.15) is 122 Å². The van der Waals surface area contributed by atoms with E-state index < -0.39 is 12.0 Å². The Balaban J connectivity index is 3.29. The standard InChI is InChI=1S/C24H47NO3S/c1-3-4-5-6-7-8-9-10-11-12-13-14-15-16-17-18-19-20-23(26)25-22(21-29-2)24(27)28/h22H,3-21H2,1-2H3,(H,25,26)(H,27,28). The number of aliphatic carboxylic acids is 1. The van der Waals surface area contributed by atoms with E-state index in [1.54, 1.807) is 0 Å². The van der Waals surface area contributed by atoms with E-state index in [0.717, 1.165) is 12.8 Å². The van der Waals surface area contributed by atoms with E-state index in [-0.39, 0.29) is 5.91 Å². The molecule has 0 aliphatic carbocycles. The van der Waals surface area contributed by atoms with Gasteiger partial charge in [0.1, 0.15) is 6.04 Å². The van der Waals surface area contributed by atoms with Crippen LogP contribution >= 0.6 is 11.8 Å². The summed E-state index contributed by atoms with van der Waals surface area (Å²) in [5.41, 5.74) is 0. The van der Waals surface area contributed by atoms with Crippen molar-refractivity contribution in [3.63, 3.8) is 0 Å². The fourth-order valence-electron chi connectivity index (χ4n) is 3.62. The van der Waals surface area contributed by atoms with Crippen LogP contribution in [0.5, 0.6) is 0 Å². The molecule has 0 aromatic rings. The fraction of sp³-hybridized carbons (Fsp3) is 0.917. The molecule has 0 spiro atoms. The Kier molecular flexibility index (Phi) is 21.4. The van der Waals surface area contributed by atoms with Gasteiger partial charge in [0.05, 0.1) is 0 Å². The van der Waals surface area contributed by atoms with Crippen LogP contribution in [0.4, 0.5) is 0 Å². The molecular formula is C24H47NO3S. The minimum atomic E-state index is -0.949. The van der Waals surface area contributed by atoms with Gasteiger partial charge >= 0.3 is 5.97 Å². The molecule has 1 atom stereocenters. The van der Waals surface area contributed by atoms with Crippen molar-refractivity contribution < 1.29 is 14.7 Å². The lowest BCUT2D eigenvalue weighted by Crippen LogP contribution is -2.42. The SMILES string of the molecule is CCCCCCCCCCCCCCCCCCCC(=O)NC(CSC)C(=O)O. The predicted molar refractivity (Wildman–Crippen MR) is 127 cm³/mol. The van der Waals surface area contributed by atoms with Crippen molar-refractivity contribution in [2.75, 3.05) is 12.0 Å². The number of hydrogen-bond acceptors (Lipinski definition) is 3. The van der Waals surface area contributed by atoms with Gasteiger partial charge in [-0.3, -0.25) is 4.79 Å². The number of rotatable bonds is 22. The molecule has 0 aliphatic rings. The molecule has 0 radical (unpaired) electrons. The molecule has 0 aromatic carbocycles. The van der Waals surface area contributed by atoms with Crippen molar-refractivity contribution in [2.24, 2.45) is 0 Å². The molecule has 5 heteroatoms. The number of nitrogens with one attached hydrogen (secondary N) is 1. The quantitative estimate of drug-likeness (QED) is 0.183. The van der Waals surface area contributed by atoms with E-state index in [1.807, 2.05) is 6.26 Å². The monoisotopic (exact) mass is 429 g/mol. The topological polar surface area (TPSA) is 66.4 Å². The number of carbonyl (C=O) groups is 2. The number of thioether (sulfide) groups is 1. The first-order chi connectivity index (χ1) is 14.1. The van der Waals surface area contributed by atoms with Crippen LogP contribution in [-0.4, -0.2) is 35.0 Å². The van der Waals surface area contributed by atoms with Gasteiger partial charge < -0.3 is 10.4 Å². The summed E-state index contributed by atoms with van der Waals surface area (Å²) in [6.45, 7) is 2.27. The summed E-state index contributed by atoms with van der Waals surface area (Å²) in [6, 6.07) is -0.761. The first-order valence-electron chi connectivity index (χ1n) is 12.1. The van der Waals surface area contributed by atoms with Crippen molar-refractivity contribution in [3.05, 3.63) is 0 Å². The van der Waals surface area contributed by atoms with Crippen LogP contribution in [-0.2, 0) is 9.59 Å². The molecule has 1 unspecified atom stereocenters. The van der Waals surface area contributed by atoms with E-state index in [2.05, 4.69) is 12.2 Å². The summed E-state index contributed by atoms with van der Waals surface area (Å²) >= 11 is 1.44. The van der Waals surface area contributed by atoms with E-state index in [9.17, 15) is 9.59 Å². The molecule has 0 aliphatic heterocycles. The minimum absolute atomic E-state index is 0.132. The van der Waals surface area contributed by atoms with Crippen LogP contribution < -0.4 is 5.32 Å². The highest BCUT2D eigenvalue weighted by molar-refractivity contribution is 7.98. The number of unbranched alkanes of at least 4 members (excludes halogenated alkanes) is 16. The van der Waals surface area contributed by atoms with Gasteiger partial charge in [-0.15, -0.1) is 0 Å². The van der Waals surface area contributed by atoms with Gasteiger partial charge in [0.2, 0.25) is 5.91 Å². The van der Waals surface area contributed by atoms with Crippen LogP contribution in [0.25, 0.3) is 0 Å². The summed E-state index contributed by atoms with van der Waals surface area (Å²) in [5.74, 6) is -0.664. The fourth-order valence-corrected chi connectivity index (χ4v) is 4.18. The molecule has 1 amide bonds. The van der Waals surface area contributed by atoms with Crippen molar-refractivity contribution >= 4 is 23.6 Å². The van der Waals surface area contributed by atoms with Crippen LogP contribution in [0.15, 0.2) is 0 Å². The molecule has 0 fully saturated rings. The lowest BCUT2D eigenvalue weighted by Gasteiger charge is -2.13. The van der Waals surface area contributed by atoms with Crippen molar-refractivity contribution in [1.82, 2.24) is 5.32 Å². The molecule has 0 aromatic heterocycles. The number of carboxylic acids is 1. The number of carboxylic acid groups (broad SMARTS) is 1. The maximum Gasteiger partial charge on any atom is 0.327 e. The first-order valence-corrected chi connectivity index (χ1v) is 13.5. The normalized spacial score (nSPS) is 12.1. The maximum absolute atomic E-state index is 11.8. The Morgan fingerprint density at radius 1 is 0.724 bits per heavy atom. The average molecular weight is 430 g/mol. The Hall–Kier alpha value is -0.710. The summed E-state index contributed by atoms with van der Waals surface area (Å²) in [5, 5.41) is 11.7. The molecule has 0 saturated carbocycles. The van der Waals surface area contributed by atoms with Gasteiger partial charge in [-0.25, -0.2) is 4.79 Å². The summed E-state index contributed by atoms with van der Waals surface area (Å²) < 4.78 is 0. The zero-order chi connectivity index (χ0) is 21.6. The molecule has 0 saturated heterocycles. The third-order valence-electron chi connectivity index (χ3n) is 5.47. The van der Waals surface area contributed by atoms with Gasteiger partial charge in [0, 0.05) is 12.2 Å². The molecular weight excluding hydrogens is 382 g/mol. The van der Waals surface area contributed by atoms with Gasteiger partial charge in [-0.1, -0.05) is 110 Å². The molecule has 0 rings (SSSR count). The Morgan fingerprint density at radius 3 is 1.45 bits per heavy atom. The van der Waals surface area contributed by atoms with Crippen LogP contribution in [0, 0.1) is 0 Å². The number of amides is 1. The summed E-state index contributed by atoms with van der Waals surface area (Å²) in [6.07, 6.45) is 24.7. The van der Waals surface area contributed by atoms with E-state index in [1.165, 1.54) is 108 Å². The average Bonchev–Trinajstić information content (AvgIpc) is 2.70.